The van der Waals surface area contributed by atoms with Crippen LogP contribution in [0.25, 0.3) is 0 Å². The fourth-order valence-corrected chi connectivity index (χ4v) is 1.24. The van der Waals surface area contributed by atoms with Gasteiger partial charge in [-0.1, -0.05) is 13.8 Å². The highest BCUT2D eigenvalue weighted by Crippen LogP contribution is 2.08. The van der Waals surface area contributed by atoms with Crippen molar-refractivity contribution in [1.82, 2.24) is 9.78 Å². The Morgan fingerprint density at radius 3 is 3.00 bits per heavy atom. The quantitative estimate of drug-likeness (QED) is 0.794. The molecule has 1 heterocycles. The van der Waals surface area contributed by atoms with E-state index in [4.69, 9.17) is 4.74 Å². The molecule has 84 valence electrons. The molecule has 15 heavy (non-hydrogen) atoms. The van der Waals surface area contributed by atoms with Crippen molar-refractivity contribution in [3.8, 4) is 0 Å². The van der Waals surface area contributed by atoms with Gasteiger partial charge < -0.3 is 10.1 Å². The maximum absolute atomic E-state index is 11.3. The SMILES string of the molecule is COCC(=O)Nc1ccnn1CC(C)C. The number of nitrogens with zero attached hydrogens (tertiary/aromatic N) is 2. The van der Waals surface area contributed by atoms with E-state index < -0.39 is 0 Å². The van der Waals surface area contributed by atoms with Crippen molar-refractivity contribution in [2.24, 2.45) is 5.92 Å². The van der Waals surface area contributed by atoms with Gasteiger partial charge in [-0.3, -0.25) is 4.79 Å². The maximum Gasteiger partial charge on any atom is 0.251 e. The zero-order valence-electron chi connectivity index (χ0n) is 9.36. The van der Waals surface area contributed by atoms with E-state index in [2.05, 4.69) is 24.3 Å². The number of rotatable bonds is 5. The minimum atomic E-state index is -0.164. The number of carbonyl (C=O) groups is 1. The van der Waals surface area contributed by atoms with Crippen LogP contribution >= 0.6 is 0 Å². The second kappa shape index (κ2) is 5.50. The Balaban J connectivity index is 2.60. The Morgan fingerprint density at radius 1 is 1.67 bits per heavy atom. The van der Waals surface area contributed by atoms with E-state index in [9.17, 15) is 4.79 Å². The molecule has 1 amide bonds. The van der Waals surface area contributed by atoms with Crippen molar-refractivity contribution in [2.45, 2.75) is 20.4 Å². The highest BCUT2D eigenvalue weighted by molar-refractivity contribution is 5.90. The van der Waals surface area contributed by atoms with Gasteiger partial charge in [0.15, 0.2) is 0 Å². The zero-order chi connectivity index (χ0) is 11.3. The smallest absolute Gasteiger partial charge is 0.251 e. The number of methoxy groups -OCH3 is 1. The van der Waals surface area contributed by atoms with Crippen molar-refractivity contribution >= 4 is 11.7 Å². The van der Waals surface area contributed by atoms with Crippen LogP contribution in [-0.2, 0) is 16.1 Å². The van der Waals surface area contributed by atoms with Crippen LogP contribution in [0.15, 0.2) is 12.3 Å². The van der Waals surface area contributed by atoms with Crippen molar-refractivity contribution < 1.29 is 9.53 Å². The van der Waals surface area contributed by atoms with E-state index in [0.717, 1.165) is 6.54 Å². The lowest BCUT2D eigenvalue weighted by Gasteiger charge is -2.10. The van der Waals surface area contributed by atoms with Gasteiger partial charge in [0.1, 0.15) is 12.4 Å². The molecule has 0 unspecified atom stereocenters. The molecule has 0 aliphatic rings. The fourth-order valence-electron chi connectivity index (χ4n) is 1.24. The highest BCUT2D eigenvalue weighted by Gasteiger charge is 2.07. The van der Waals surface area contributed by atoms with Gasteiger partial charge in [0.05, 0.1) is 6.20 Å². The molecule has 0 radical (unpaired) electrons. The molecule has 0 spiro atoms. The molecule has 0 bridgehead atoms. The average Bonchev–Trinajstić information content (AvgIpc) is 2.52. The first-order chi connectivity index (χ1) is 7.13. The number of ether oxygens (including phenoxy) is 1. The first kappa shape index (κ1) is 11.7. The van der Waals surface area contributed by atoms with E-state index in [-0.39, 0.29) is 12.5 Å². The molecule has 1 N–H and O–H groups in total. The first-order valence-corrected chi connectivity index (χ1v) is 4.94. The number of amides is 1. The molecule has 0 atom stereocenters. The molecule has 0 aliphatic carbocycles. The molecular formula is C10H17N3O2. The van der Waals surface area contributed by atoms with Gasteiger partial charge in [-0.2, -0.15) is 5.10 Å². The third kappa shape index (κ3) is 3.71. The Bertz CT molecular complexity index is 320. The van der Waals surface area contributed by atoms with E-state index in [1.54, 1.807) is 16.9 Å². The highest BCUT2D eigenvalue weighted by atomic mass is 16.5. The molecule has 5 nitrogen and oxygen atoms in total. The summed E-state index contributed by atoms with van der Waals surface area (Å²) in [6, 6.07) is 1.77. The van der Waals surface area contributed by atoms with Crippen LogP contribution in [0.1, 0.15) is 13.8 Å². The normalized spacial score (nSPS) is 10.7. The van der Waals surface area contributed by atoms with Gasteiger partial charge in [-0.15, -0.1) is 0 Å². The van der Waals surface area contributed by atoms with E-state index in [1.807, 2.05) is 0 Å². The molecule has 0 saturated heterocycles. The molecule has 1 rings (SSSR count). The Hall–Kier alpha value is -1.36. The number of hydrogen-bond acceptors (Lipinski definition) is 3. The van der Waals surface area contributed by atoms with Crippen LogP contribution in [0, 0.1) is 5.92 Å². The van der Waals surface area contributed by atoms with Crippen molar-refractivity contribution in [1.29, 1.82) is 0 Å². The summed E-state index contributed by atoms with van der Waals surface area (Å²) in [5.74, 6) is 1.04. The lowest BCUT2D eigenvalue weighted by atomic mass is 10.2. The van der Waals surface area contributed by atoms with E-state index in [1.165, 1.54) is 7.11 Å². The molecule has 0 aromatic carbocycles. The summed E-state index contributed by atoms with van der Waals surface area (Å²) < 4.78 is 6.51. The number of anilines is 1. The Kier molecular flexibility index (Phi) is 4.30. The lowest BCUT2D eigenvalue weighted by Crippen LogP contribution is -2.20. The summed E-state index contributed by atoms with van der Waals surface area (Å²) in [5.41, 5.74) is 0. The van der Waals surface area contributed by atoms with Crippen molar-refractivity contribution in [3.63, 3.8) is 0 Å². The minimum absolute atomic E-state index is 0.0624. The van der Waals surface area contributed by atoms with E-state index in [0.29, 0.717) is 11.7 Å². The van der Waals surface area contributed by atoms with Crippen LogP contribution in [-0.4, -0.2) is 29.4 Å². The summed E-state index contributed by atoms with van der Waals surface area (Å²) in [7, 11) is 1.49. The van der Waals surface area contributed by atoms with Crippen LogP contribution in [0.2, 0.25) is 0 Å². The topological polar surface area (TPSA) is 56.1 Å². The average molecular weight is 211 g/mol. The first-order valence-electron chi connectivity index (χ1n) is 4.94. The maximum atomic E-state index is 11.3. The molecule has 0 fully saturated rings. The van der Waals surface area contributed by atoms with Gasteiger partial charge in [-0.25, -0.2) is 4.68 Å². The van der Waals surface area contributed by atoms with E-state index >= 15 is 0 Å². The standard InChI is InChI=1S/C10H17N3O2/c1-8(2)6-13-9(4-5-11-13)12-10(14)7-15-3/h4-5,8H,6-7H2,1-3H3,(H,12,14). The van der Waals surface area contributed by atoms with Crippen LogP contribution < -0.4 is 5.32 Å². The van der Waals surface area contributed by atoms with Crippen molar-refractivity contribution in [3.05, 3.63) is 12.3 Å². The third-order valence-electron chi connectivity index (χ3n) is 1.80. The second-order valence-corrected chi connectivity index (χ2v) is 3.77. The zero-order valence-corrected chi connectivity index (χ0v) is 9.36. The fraction of sp³-hybridized carbons (Fsp3) is 0.600. The molecule has 1 aromatic rings. The summed E-state index contributed by atoms with van der Waals surface area (Å²) in [6.07, 6.45) is 1.67. The monoisotopic (exact) mass is 211 g/mol. The summed E-state index contributed by atoms with van der Waals surface area (Å²) in [6.45, 7) is 5.05. The van der Waals surface area contributed by atoms with Crippen LogP contribution in [0.5, 0.6) is 0 Å². The molecular weight excluding hydrogens is 194 g/mol. The Morgan fingerprint density at radius 2 is 2.40 bits per heavy atom. The molecule has 1 aromatic heterocycles. The van der Waals surface area contributed by atoms with Gasteiger partial charge in [0.2, 0.25) is 0 Å². The van der Waals surface area contributed by atoms with Gasteiger partial charge in [0.25, 0.3) is 5.91 Å². The number of hydrogen-bond donors (Lipinski definition) is 1. The van der Waals surface area contributed by atoms with Crippen molar-refractivity contribution in [2.75, 3.05) is 19.0 Å². The van der Waals surface area contributed by atoms with Crippen LogP contribution in [0.3, 0.4) is 0 Å². The number of nitrogens with one attached hydrogen (secondary N) is 1. The van der Waals surface area contributed by atoms with Crippen LogP contribution in [0.4, 0.5) is 5.82 Å². The van der Waals surface area contributed by atoms with Gasteiger partial charge >= 0.3 is 0 Å². The summed E-state index contributed by atoms with van der Waals surface area (Å²) >= 11 is 0. The Labute approximate surface area is 89.4 Å². The third-order valence-corrected chi connectivity index (χ3v) is 1.80. The molecule has 5 heteroatoms. The largest absolute Gasteiger partial charge is 0.375 e. The second-order valence-electron chi connectivity index (χ2n) is 3.77. The summed E-state index contributed by atoms with van der Waals surface area (Å²) in [4.78, 5) is 11.3. The predicted octanol–water partition coefficient (Wildman–Crippen LogP) is 1.12. The predicted molar refractivity (Wildman–Crippen MR) is 57.6 cm³/mol. The lowest BCUT2D eigenvalue weighted by molar-refractivity contribution is -0.119. The number of carbonyl (C=O) groups excluding carboxylic acids is 1. The summed E-state index contributed by atoms with van der Waals surface area (Å²) in [5, 5.41) is 6.86. The molecule has 0 aliphatic heterocycles. The molecule has 0 saturated carbocycles. The number of aromatic nitrogens is 2. The minimum Gasteiger partial charge on any atom is -0.375 e. The van der Waals surface area contributed by atoms with Gasteiger partial charge in [0, 0.05) is 19.7 Å². The van der Waals surface area contributed by atoms with Gasteiger partial charge in [-0.05, 0) is 5.92 Å².